The summed E-state index contributed by atoms with van der Waals surface area (Å²) in [6.45, 7) is 2.64. The maximum absolute atomic E-state index is 12.5. The Kier molecular flexibility index (Phi) is 6.04. The predicted molar refractivity (Wildman–Crippen MR) is 120 cm³/mol. The molecule has 0 bridgehead atoms. The highest BCUT2D eigenvalue weighted by Gasteiger charge is 2.34. The predicted octanol–water partition coefficient (Wildman–Crippen LogP) is 5.18. The quantitative estimate of drug-likeness (QED) is 0.568. The number of nitrogens with one attached hydrogen (secondary N) is 1. The van der Waals surface area contributed by atoms with Crippen molar-refractivity contribution in [1.82, 2.24) is 10.2 Å². The molecular formula is C21H18Cl2N4O2S. The highest BCUT2D eigenvalue weighted by Crippen LogP contribution is 2.34. The largest absolute Gasteiger partial charge is 0.312 e. The van der Waals surface area contributed by atoms with Gasteiger partial charge in [0.05, 0.1) is 10.0 Å². The zero-order valence-electron chi connectivity index (χ0n) is 16.1. The topological polar surface area (TPSA) is 75.2 Å². The molecule has 9 heteroatoms. The van der Waals surface area contributed by atoms with Crippen LogP contribution in [0.1, 0.15) is 40.2 Å². The molecule has 2 amide bonds. The number of hydrogen-bond donors (Lipinski definition) is 1. The summed E-state index contributed by atoms with van der Waals surface area (Å²) in [6.07, 6.45) is 1.32. The molecule has 1 atom stereocenters. The second kappa shape index (κ2) is 8.71. The molecular weight excluding hydrogens is 443 g/mol. The molecule has 0 spiro atoms. The lowest BCUT2D eigenvalue weighted by Crippen LogP contribution is -2.24. The SMILES string of the molecule is CCc1ccc(N2CC(c3nnc(NC(=O)c4ccc(Cl)c(Cl)c4)s3)CC2=O)cc1. The Labute approximate surface area is 187 Å². The van der Waals surface area contributed by atoms with Gasteiger partial charge in [0, 0.05) is 30.1 Å². The van der Waals surface area contributed by atoms with Crippen LogP contribution in [0.5, 0.6) is 0 Å². The molecule has 1 unspecified atom stereocenters. The molecule has 0 radical (unpaired) electrons. The summed E-state index contributed by atoms with van der Waals surface area (Å²) in [5.74, 6) is -0.353. The fourth-order valence-electron chi connectivity index (χ4n) is 3.29. The van der Waals surface area contributed by atoms with Gasteiger partial charge in [-0.05, 0) is 42.3 Å². The van der Waals surface area contributed by atoms with E-state index in [1.54, 1.807) is 17.0 Å². The normalized spacial score (nSPS) is 16.2. The molecule has 0 saturated carbocycles. The number of carbonyl (C=O) groups excluding carboxylic acids is 2. The van der Waals surface area contributed by atoms with Gasteiger partial charge < -0.3 is 4.90 Å². The molecule has 2 heterocycles. The van der Waals surface area contributed by atoms with Crippen LogP contribution in [0.15, 0.2) is 42.5 Å². The summed E-state index contributed by atoms with van der Waals surface area (Å²) in [5, 5.41) is 12.8. The van der Waals surface area contributed by atoms with Crippen LogP contribution in [0.4, 0.5) is 10.8 Å². The van der Waals surface area contributed by atoms with Gasteiger partial charge >= 0.3 is 0 Å². The lowest BCUT2D eigenvalue weighted by molar-refractivity contribution is -0.117. The number of carbonyl (C=O) groups is 2. The summed E-state index contributed by atoms with van der Waals surface area (Å²) in [5.41, 5.74) is 2.49. The molecule has 3 aromatic rings. The molecule has 154 valence electrons. The second-order valence-corrected chi connectivity index (χ2v) is 8.78. The van der Waals surface area contributed by atoms with Gasteiger partial charge in [-0.1, -0.05) is 53.6 Å². The summed E-state index contributed by atoms with van der Waals surface area (Å²) < 4.78 is 0. The number of anilines is 2. The minimum absolute atomic E-state index is 0.0563. The maximum atomic E-state index is 12.5. The first-order chi connectivity index (χ1) is 14.4. The van der Waals surface area contributed by atoms with E-state index in [0.29, 0.717) is 33.7 Å². The summed E-state index contributed by atoms with van der Waals surface area (Å²) >= 11 is 13.1. The van der Waals surface area contributed by atoms with E-state index in [1.165, 1.54) is 23.0 Å². The molecule has 1 aliphatic rings. The van der Waals surface area contributed by atoms with Crippen molar-refractivity contribution in [2.75, 3.05) is 16.8 Å². The number of nitrogens with zero attached hydrogens (tertiary/aromatic N) is 3. The Morgan fingerprint density at radius 1 is 1.17 bits per heavy atom. The molecule has 0 aliphatic carbocycles. The van der Waals surface area contributed by atoms with Crippen LogP contribution < -0.4 is 10.2 Å². The van der Waals surface area contributed by atoms with Crippen molar-refractivity contribution in [3.05, 3.63) is 68.6 Å². The van der Waals surface area contributed by atoms with Crippen LogP contribution in [-0.2, 0) is 11.2 Å². The van der Waals surface area contributed by atoms with Crippen LogP contribution in [0.25, 0.3) is 0 Å². The van der Waals surface area contributed by atoms with Crippen LogP contribution in [0.2, 0.25) is 10.0 Å². The Morgan fingerprint density at radius 3 is 2.63 bits per heavy atom. The number of amides is 2. The molecule has 1 aromatic heterocycles. The van der Waals surface area contributed by atoms with Crippen molar-refractivity contribution in [1.29, 1.82) is 0 Å². The summed E-state index contributed by atoms with van der Waals surface area (Å²) in [4.78, 5) is 26.7. The lowest BCUT2D eigenvalue weighted by Gasteiger charge is -2.16. The van der Waals surface area contributed by atoms with Gasteiger partial charge in [-0.15, -0.1) is 10.2 Å². The van der Waals surface area contributed by atoms with Crippen LogP contribution in [-0.4, -0.2) is 28.6 Å². The average molecular weight is 461 g/mol. The molecule has 1 aliphatic heterocycles. The molecule has 4 rings (SSSR count). The van der Waals surface area contributed by atoms with Crippen LogP contribution in [0, 0.1) is 0 Å². The van der Waals surface area contributed by atoms with E-state index in [4.69, 9.17) is 23.2 Å². The first kappa shape index (κ1) is 20.8. The zero-order valence-corrected chi connectivity index (χ0v) is 18.4. The molecule has 1 N–H and O–H groups in total. The van der Waals surface area contributed by atoms with E-state index < -0.39 is 0 Å². The van der Waals surface area contributed by atoms with Crippen LogP contribution >= 0.6 is 34.5 Å². The van der Waals surface area contributed by atoms with Crippen molar-refractivity contribution >= 4 is 57.2 Å². The van der Waals surface area contributed by atoms with E-state index in [9.17, 15) is 9.59 Å². The van der Waals surface area contributed by atoms with E-state index in [1.807, 2.05) is 24.3 Å². The maximum Gasteiger partial charge on any atom is 0.257 e. The van der Waals surface area contributed by atoms with Gasteiger partial charge in [-0.3, -0.25) is 14.9 Å². The molecule has 1 fully saturated rings. The van der Waals surface area contributed by atoms with Crippen LogP contribution in [0.3, 0.4) is 0 Å². The number of halogens is 2. The van der Waals surface area contributed by atoms with E-state index in [0.717, 1.165) is 17.1 Å². The fourth-order valence-corrected chi connectivity index (χ4v) is 4.42. The van der Waals surface area contributed by atoms with Gasteiger partial charge in [-0.25, -0.2) is 0 Å². The fraction of sp³-hybridized carbons (Fsp3) is 0.238. The van der Waals surface area contributed by atoms with E-state index >= 15 is 0 Å². The number of aromatic nitrogens is 2. The van der Waals surface area contributed by atoms with E-state index in [2.05, 4.69) is 22.4 Å². The minimum Gasteiger partial charge on any atom is -0.312 e. The zero-order chi connectivity index (χ0) is 21.3. The molecule has 2 aromatic carbocycles. The van der Waals surface area contributed by atoms with E-state index in [-0.39, 0.29) is 17.7 Å². The first-order valence-corrected chi connectivity index (χ1v) is 11.0. The second-order valence-electron chi connectivity index (χ2n) is 6.95. The smallest absolute Gasteiger partial charge is 0.257 e. The number of rotatable bonds is 5. The summed E-state index contributed by atoms with van der Waals surface area (Å²) in [6, 6.07) is 12.7. The van der Waals surface area contributed by atoms with Crippen molar-refractivity contribution in [2.24, 2.45) is 0 Å². The minimum atomic E-state index is -0.351. The third-order valence-corrected chi connectivity index (χ3v) is 6.71. The third-order valence-electron chi connectivity index (χ3n) is 4.97. The molecule has 1 saturated heterocycles. The number of benzene rings is 2. The Hall–Kier alpha value is -2.48. The number of hydrogen-bond acceptors (Lipinski definition) is 5. The van der Waals surface area contributed by atoms with Gasteiger partial charge in [0.2, 0.25) is 11.0 Å². The Morgan fingerprint density at radius 2 is 1.93 bits per heavy atom. The lowest BCUT2D eigenvalue weighted by atomic mass is 10.1. The van der Waals surface area contributed by atoms with Crippen molar-refractivity contribution in [2.45, 2.75) is 25.7 Å². The van der Waals surface area contributed by atoms with Crippen molar-refractivity contribution in [3.8, 4) is 0 Å². The van der Waals surface area contributed by atoms with Crippen molar-refractivity contribution < 1.29 is 9.59 Å². The monoisotopic (exact) mass is 460 g/mol. The van der Waals surface area contributed by atoms with Gasteiger partial charge in [-0.2, -0.15) is 0 Å². The molecule has 6 nitrogen and oxygen atoms in total. The van der Waals surface area contributed by atoms with Gasteiger partial charge in [0.25, 0.3) is 5.91 Å². The van der Waals surface area contributed by atoms with Gasteiger partial charge in [0.15, 0.2) is 0 Å². The highest BCUT2D eigenvalue weighted by molar-refractivity contribution is 7.15. The Bertz CT molecular complexity index is 1100. The highest BCUT2D eigenvalue weighted by atomic mass is 35.5. The molecule has 30 heavy (non-hydrogen) atoms. The standard InChI is InChI=1S/C21H18Cl2N4O2S/c1-2-12-3-6-15(7-4-12)27-11-14(10-18(27)28)20-25-26-21(30-20)24-19(29)13-5-8-16(22)17(23)9-13/h3-9,14H,2,10-11H2,1H3,(H,24,26,29). The summed E-state index contributed by atoms with van der Waals surface area (Å²) in [7, 11) is 0. The first-order valence-electron chi connectivity index (χ1n) is 9.43. The van der Waals surface area contributed by atoms with Crippen molar-refractivity contribution in [3.63, 3.8) is 0 Å². The third kappa shape index (κ3) is 4.33. The average Bonchev–Trinajstić information content (AvgIpc) is 3.36. The Balaban J connectivity index is 1.44. The number of aryl methyl sites for hydroxylation is 1. The van der Waals surface area contributed by atoms with Gasteiger partial charge in [0.1, 0.15) is 5.01 Å².